The number of aromatic nitrogens is 4. The summed E-state index contributed by atoms with van der Waals surface area (Å²) in [4.78, 5) is 0. The van der Waals surface area contributed by atoms with Crippen LogP contribution in [0.25, 0.3) is 0 Å². The van der Waals surface area contributed by atoms with Crippen molar-refractivity contribution >= 4 is 18.2 Å². The largest absolute Gasteiger partial charge is 0.364 e. The van der Waals surface area contributed by atoms with Gasteiger partial charge in [-0.25, -0.2) is 4.68 Å². The molecule has 0 unspecified atom stereocenters. The van der Waals surface area contributed by atoms with Gasteiger partial charge in [0.05, 0.1) is 6.20 Å². The molecule has 0 aliphatic rings. The lowest BCUT2D eigenvalue weighted by Crippen LogP contribution is -2.07. The molecule has 0 aliphatic heterocycles. The molecule has 0 amide bonds. The fourth-order valence-corrected chi connectivity index (χ4v) is 1.88. The summed E-state index contributed by atoms with van der Waals surface area (Å²) in [6.45, 7) is 4.00. The van der Waals surface area contributed by atoms with Crippen molar-refractivity contribution in [2.75, 3.05) is 5.32 Å². The SMILES string of the molecule is Cc1c(CNc2ccn(C(F)F)n2)cnn1C(C)C.Cl. The van der Waals surface area contributed by atoms with Crippen molar-refractivity contribution in [3.63, 3.8) is 0 Å². The molecule has 2 aromatic rings. The Bertz CT molecular complexity index is 550. The normalized spacial score (nSPS) is 10.9. The highest BCUT2D eigenvalue weighted by Gasteiger charge is 2.10. The molecule has 1 N–H and O–H groups in total. The van der Waals surface area contributed by atoms with Gasteiger partial charge < -0.3 is 5.32 Å². The zero-order valence-electron chi connectivity index (χ0n) is 11.5. The minimum absolute atomic E-state index is 0. The zero-order chi connectivity index (χ0) is 14.0. The van der Waals surface area contributed by atoms with E-state index >= 15 is 0 Å². The van der Waals surface area contributed by atoms with Gasteiger partial charge >= 0.3 is 6.55 Å². The van der Waals surface area contributed by atoms with E-state index in [0.29, 0.717) is 23.1 Å². The van der Waals surface area contributed by atoms with E-state index in [1.807, 2.05) is 11.6 Å². The maximum atomic E-state index is 12.4. The van der Waals surface area contributed by atoms with E-state index in [1.54, 1.807) is 6.20 Å². The Hall–Kier alpha value is -1.63. The van der Waals surface area contributed by atoms with E-state index in [9.17, 15) is 8.78 Å². The molecule has 2 heterocycles. The van der Waals surface area contributed by atoms with Crippen LogP contribution in [-0.2, 0) is 6.54 Å². The van der Waals surface area contributed by atoms with E-state index in [0.717, 1.165) is 11.3 Å². The fourth-order valence-electron chi connectivity index (χ4n) is 1.88. The maximum Gasteiger partial charge on any atom is 0.333 e. The average Bonchev–Trinajstić information content (AvgIpc) is 2.93. The van der Waals surface area contributed by atoms with Crippen LogP contribution in [0.15, 0.2) is 18.5 Å². The van der Waals surface area contributed by atoms with Crippen LogP contribution in [0.1, 0.15) is 37.7 Å². The van der Waals surface area contributed by atoms with Gasteiger partial charge in [0.2, 0.25) is 0 Å². The first kappa shape index (κ1) is 16.4. The zero-order valence-corrected chi connectivity index (χ0v) is 12.4. The molecule has 2 aromatic heterocycles. The Balaban J connectivity index is 0.00000200. The molecule has 0 radical (unpaired) electrons. The Morgan fingerprint density at radius 2 is 2.05 bits per heavy atom. The lowest BCUT2D eigenvalue weighted by Gasteiger charge is -2.09. The van der Waals surface area contributed by atoms with Gasteiger partial charge in [-0.05, 0) is 20.8 Å². The molecule has 20 heavy (non-hydrogen) atoms. The van der Waals surface area contributed by atoms with Gasteiger partial charge in [0, 0.05) is 36.1 Å². The number of hydrogen-bond acceptors (Lipinski definition) is 3. The van der Waals surface area contributed by atoms with Crippen molar-refractivity contribution in [3.8, 4) is 0 Å². The first-order valence-electron chi connectivity index (χ1n) is 6.09. The summed E-state index contributed by atoms with van der Waals surface area (Å²) in [5, 5.41) is 11.0. The summed E-state index contributed by atoms with van der Waals surface area (Å²) in [5.41, 5.74) is 2.09. The Labute approximate surface area is 122 Å². The second kappa shape index (κ2) is 6.69. The van der Waals surface area contributed by atoms with Crippen LogP contribution in [0.5, 0.6) is 0 Å². The van der Waals surface area contributed by atoms with Crippen molar-refractivity contribution in [2.45, 2.75) is 39.9 Å². The van der Waals surface area contributed by atoms with Gasteiger partial charge in [-0.1, -0.05) is 0 Å². The maximum absolute atomic E-state index is 12.4. The number of hydrogen-bond donors (Lipinski definition) is 1. The van der Waals surface area contributed by atoms with E-state index in [4.69, 9.17) is 0 Å². The number of nitrogens with zero attached hydrogens (tertiary/aromatic N) is 4. The lowest BCUT2D eigenvalue weighted by atomic mass is 10.2. The summed E-state index contributed by atoms with van der Waals surface area (Å²) in [6.07, 6.45) is 3.03. The first-order chi connectivity index (χ1) is 8.99. The molecule has 8 heteroatoms. The number of halogens is 3. The highest BCUT2D eigenvalue weighted by atomic mass is 35.5. The third-order valence-corrected chi connectivity index (χ3v) is 2.90. The van der Waals surface area contributed by atoms with E-state index in [2.05, 4.69) is 29.4 Å². The van der Waals surface area contributed by atoms with Gasteiger partial charge in [0.15, 0.2) is 0 Å². The topological polar surface area (TPSA) is 47.7 Å². The van der Waals surface area contributed by atoms with Crippen molar-refractivity contribution < 1.29 is 8.78 Å². The van der Waals surface area contributed by atoms with Crippen LogP contribution >= 0.6 is 12.4 Å². The van der Waals surface area contributed by atoms with Crippen LogP contribution in [-0.4, -0.2) is 19.6 Å². The average molecular weight is 306 g/mol. The van der Waals surface area contributed by atoms with Crippen LogP contribution in [0.4, 0.5) is 14.6 Å². The molecular weight excluding hydrogens is 288 g/mol. The van der Waals surface area contributed by atoms with Crippen molar-refractivity contribution in [3.05, 3.63) is 29.7 Å². The van der Waals surface area contributed by atoms with Crippen LogP contribution in [0, 0.1) is 6.92 Å². The Morgan fingerprint density at radius 3 is 2.55 bits per heavy atom. The summed E-state index contributed by atoms with van der Waals surface area (Å²) in [6, 6.07) is 1.82. The summed E-state index contributed by atoms with van der Waals surface area (Å²) in [5.74, 6) is 0.428. The molecule has 5 nitrogen and oxygen atoms in total. The lowest BCUT2D eigenvalue weighted by molar-refractivity contribution is 0.0569. The predicted molar refractivity (Wildman–Crippen MR) is 75.4 cm³/mol. The standard InChI is InChI=1S/C12H17F2N5.ClH/c1-8(2)19-9(3)10(7-16-19)6-15-11-4-5-18(17-11)12(13)14;/h4-5,7-8,12H,6H2,1-3H3,(H,15,17);1H. The van der Waals surface area contributed by atoms with Crippen molar-refractivity contribution in [2.24, 2.45) is 0 Å². The molecule has 0 saturated heterocycles. The monoisotopic (exact) mass is 305 g/mol. The second-order valence-corrected chi connectivity index (χ2v) is 4.61. The number of nitrogens with one attached hydrogen (secondary N) is 1. The third-order valence-electron chi connectivity index (χ3n) is 2.90. The van der Waals surface area contributed by atoms with Crippen molar-refractivity contribution in [1.82, 2.24) is 19.6 Å². The molecule has 0 saturated carbocycles. The minimum atomic E-state index is -2.61. The molecule has 0 aromatic carbocycles. The minimum Gasteiger partial charge on any atom is -0.364 e. The molecule has 0 fully saturated rings. The quantitative estimate of drug-likeness (QED) is 0.921. The highest BCUT2D eigenvalue weighted by Crippen LogP contribution is 2.15. The summed E-state index contributed by atoms with van der Waals surface area (Å²) >= 11 is 0. The van der Waals surface area contributed by atoms with Gasteiger partial charge in [0.25, 0.3) is 0 Å². The van der Waals surface area contributed by atoms with E-state index in [-0.39, 0.29) is 12.4 Å². The Morgan fingerprint density at radius 1 is 1.35 bits per heavy atom. The van der Waals surface area contributed by atoms with Gasteiger partial charge in [-0.15, -0.1) is 12.4 Å². The van der Waals surface area contributed by atoms with Gasteiger partial charge in [-0.3, -0.25) is 4.68 Å². The number of alkyl halides is 2. The molecule has 2 rings (SSSR count). The molecular formula is C12H18ClF2N5. The van der Waals surface area contributed by atoms with Gasteiger partial charge in [-0.2, -0.15) is 19.0 Å². The van der Waals surface area contributed by atoms with Crippen LogP contribution in [0.3, 0.4) is 0 Å². The Kier molecular flexibility index (Phi) is 5.50. The summed E-state index contributed by atoms with van der Waals surface area (Å²) < 4.78 is 27.3. The number of rotatable bonds is 5. The second-order valence-electron chi connectivity index (χ2n) is 4.61. The predicted octanol–water partition coefficient (Wildman–Crippen LogP) is 3.40. The van der Waals surface area contributed by atoms with Gasteiger partial charge in [0.1, 0.15) is 5.82 Å². The number of anilines is 1. The summed E-state index contributed by atoms with van der Waals surface area (Å²) in [7, 11) is 0. The fraction of sp³-hybridized carbons (Fsp3) is 0.500. The van der Waals surface area contributed by atoms with E-state index in [1.165, 1.54) is 12.3 Å². The first-order valence-corrected chi connectivity index (χ1v) is 6.09. The van der Waals surface area contributed by atoms with Crippen molar-refractivity contribution in [1.29, 1.82) is 0 Å². The smallest absolute Gasteiger partial charge is 0.333 e. The highest BCUT2D eigenvalue weighted by molar-refractivity contribution is 5.85. The molecule has 0 bridgehead atoms. The molecule has 112 valence electrons. The van der Waals surface area contributed by atoms with Crippen LogP contribution < -0.4 is 5.32 Å². The molecule has 0 atom stereocenters. The van der Waals surface area contributed by atoms with Crippen LogP contribution in [0.2, 0.25) is 0 Å². The van der Waals surface area contributed by atoms with E-state index < -0.39 is 6.55 Å². The molecule has 0 spiro atoms. The third kappa shape index (κ3) is 3.47. The molecule has 0 aliphatic carbocycles.